The van der Waals surface area contributed by atoms with Crippen LogP contribution in [0.4, 0.5) is 0 Å². The third-order valence-corrected chi connectivity index (χ3v) is 8.50. The Bertz CT molecular complexity index is 3000. The van der Waals surface area contributed by atoms with Crippen molar-refractivity contribution < 1.29 is 13.7 Å². The molecule has 0 atom stereocenters. The van der Waals surface area contributed by atoms with Crippen LogP contribution in [0.2, 0.25) is 0 Å². The Morgan fingerprint density at radius 3 is 1.84 bits per heavy atom. The largest absolute Gasteiger partial charge is 0.309 e. The normalized spacial score (nSPS) is 14.8. The summed E-state index contributed by atoms with van der Waals surface area (Å²) in [4.78, 5) is 14.5. The van der Waals surface area contributed by atoms with E-state index in [9.17, 15) is 2.74 Å². The highest BCUT2D eigenvalue weighted by Crippen LogP contribution is 2.40. The van der Waals surface area contributed by atoms with E-state index < -0.39 is 30.2 Å². The minimum atomic E-state index is -0.504. The molecule has 0 unspecified atom stereocenters. The van der Waals surface area contributed by atoms with Crippen LogP contribution in [0.3, 0.4) is 0 Å². The number of hydrogen-bond donors (Lipinski definition) is 0. The molecule has 9 aromatic rings. The molecule has 0 N–H and O–H groups in total. The highest BCUT2D eigenvalue weighted by atomic mass is 32.1. The molecule has 0 aliphatic heterocycles. The Balaban J connectivity index is 1.39. The van der Waals surface area contributed by atoms with Crippen molar-refractivity contribution >= 4 is 53.3 Å². The van der Waals surface area contributed by atoms with Crippen molar-refractivity contribution in [2.24, 2.45) is 0 Å². The Labute approximate surface area is 271 Å². The molecule has 4 nitrogen and oxygen atoms in total. The number of thiophene rings is 1. The van der Waals surface area contributed by atoms with Crippen LogP contribution in [0.5, 0.6) is 0 Å². The first-order chi connectivity index (χ1) is 26.0. The molecule has 0 fully saturated rings. The zero-order valence-electron chi connectivity index (χ0n) is 32.8. The quantitative estimate of drug-likeness (QED) is 0.205. The number of nitrogens with zero attached hydrogens (tertiary/aromatic N) is 4. The number of aromatic nitrogens is 4. The second kappa shape index (κ2) is 9.97. The fraction of sp³-hybridized carbons (Fsp3) is 0. The summed E-state index contributed by atoms with van der Waals surface area (Å²) in [6.45, 7) is 0. The summed E-state index contributed by atoms with van der Waals surface area (Å²) in [7, 11) is 0. The lowest BCUT2D eigenvalue weighted by Gasteiger charge is -2.11. The Morgan fingerprint density at radius 1 is 0.500 bits per heavy atom. The maximum atomic E-state index is 9.59. The van der Waals surface area contributed by atoms with E-state index in [-0.39, 0.29) is 72.2 Å². The number of fused-ring (bicyclic) bond motifs is 6. The minimum Gasteiger partial charge on any atom is -0.309 e. The van der Waals surface area contributed by atoms with Crippen molar-refractivity contribution in [3.8, 4) is 39.9 Å². The molecule has 5 heteroatoms. The molecule has 3 aromatic heterocycles. The summed E-state index contributed by atoms with van der Waals surface area (Å²) in [6, 6.07) is 22.5. The summed E-state index contributed by atoms with van der Waals surface area (Å²) >= 11 is 0.982. The smallest absolute Gasteiger partial charge is 0.164 e. The van der Waals surface area contributed by atoms with Gasteiger partial charge in [0.1, 0.15) is 0 Å². The van der Waals surface area contributed by atoms with Crippen molar-refractivity contribution in [3.63, 3.8) is 0 Å². The molecule has 0 radical (unpaired) electrons. The molecule has 0 amide bonds. The number of hydrogen-bond acceptors (Lipinski definition) is 4. The number of rotatable bonds is 4. The first-order valence-corrected chi connectivity index (χ1v) is 14.6. The fourth-order valence-corrected chi connectivity index (χ4v) is 6.44. The summed E-state index contributed by atoms with van der Waals surface area (Å²) < 4.78 is 90.2. The van der Waals surface area contributed by atoms with E-state index in [0.717, 1.165) is 22.5 Å². The van der Waals surface area contributed by atoms with Crippen LogP contribution in [0.25, 0.3) is 81.8 Å². The van der Waals surface area contributed by atoms with Gasteiger partial charge in [0, 0.05) is 53.3 Å². The summed E-state index contributed by atoms with van der Waals surface area (Å²) in [5, 5.41) is 0.333. The molecular formula is C39H24N4S. The van der Waals surface area contributed by atoms with Crippen LogP contribution in [-0.4, -0.2) is 19.5 Å². The first-order valence-electron chi connectivity index (χ1n) is 18.8. The van der Waals surface area contributed by atoms with Gasteiger partial charge in [-0.25, -0.2) is 15.0 Å². The first kappa shape index (κ1) is 16.8. The van der Waals surface area contributed by atoms with Gasteiger partial charge in [-0.05, 0) is 36.3 Å². The van der Waals surface area contributed by atoms with E-state index in [0.29, 0.717) is 28.7 Å². The molecule has 0 aliphatic carbocycles. The van der Waals surface area contributed by atoms with E-state index in [4.69, 9.17) is 25.9 Å². The topological polar surface area (TPSA) is 43.6 Å². The van der Waals surface area contributed by atoms with Crippen LogP contribution in [-0.2, 0) is 0 Å². The second-order valence-corrected chi connectivity index (χ2v) is 11.2. The van der Waals surface area contributed by atoms with Crippen molar-refractivity contribution in [1.29, 1.82) is 0 Å². The third-order valence-electron chi connectivity index (χ3n) is 7.48. The predicted molar refractivity (Wildman–Crippen MR) is 183 cm³/mol. The van der Waals surface area contributed by atoms with Crippen LogP contribution in [0.1, 0.15) is 13.7 Å². The maximum absolute atomic E-state index is 9.59. The molecule has 9 rings (SSSR count). The average Bonchev–Trinajstić information content (AvgIpc) is 3.79. The molecule has 44 heavy (non-hydrogen) atoms. The van der Waals surface area contributed by atoms with Crippen LogP contribution in [0, 0.1) is 0 Å². The van der Waals surface area contributed by atoms with Gasteiger partial charge >= 0.3 is 0 Å². The number of para-hydroxylation sites is 1. The van der Waals surface area contributed by atoms with Gasteiger partial charge in [-0.1, -0.05) is 109 Å². The van der Waals surface area contributed by atoms with Gasteiger partial charge in [-0.3, -0.25) is 0 Å². The summed E-state index contributed by atoms with van der Waals surface area (Å²) in [5.41, 5.74) is 2.73. The molecule has 206 valence electrons. The summed E-state index contributed by atoms with van der Waals surface area (Å²) in [5.74, 6) is 1.24. The van der Waals surface area contributed by atoms with Gasteiger partial charge in [0.25, 0.3) is 0 Å². The van der Waals surface area contributed by atoms with Crippen molar-refractivity contribution in [2.75, 3.05) is 0 Å². The van der Waals surface area contributed by atoms with Gasteiger partial charge in [0.2, 0.25) is 0 Å². The molecular weight excluding hydrogens is 557 g/mol. The monoisotopic (exact) mass is 590 g/mol. The Morgan fingerprint density at radius 2 is 1.11 bits per heavy atom. The fourth-order valence-electron chi connectivity index (χ4n) is 5.48. The molecule has 6 aromatic carbocycles. The minimum absolute atomic E-state index is 0.0277. The van der Waals surface area contributed by atoms with Crippen molar-refractivity contribution in [3.05, 3.63) is 145 Å². The average molecular weight is 591 g/mol. The predicted octanol–water partition coefficient (Wildman–Crippen LogP) is 10.3. The zero-order valence-corrected chi connectivity index (χ0v) is 23.6. The highest BCUT2D eigenvalue weighted by Gasteiger charge is 2.17. The van der Waals surface area contributed by atoms with Gasteiger partial charge in [0.05, 0.1) is 24.7 Å². The van der Waals surface area contributed by atoms with Gasteiger partial charge in [-0.15, -0.1) is 11.3 Å². The lowest BCUT2D eigenvalue weighted by atomic mass is 10.1. The lowest BCUT2D eigenvalue weighted by molar-refractivity contribution is 1.07. The van der Waals surface area contributed by atoms with E-state index in [1.807, 2.05) is 66.7 Å². The molecule has 0 bridgehead atoms. The van der Waals surface area contributed by atoms with E-state index in [2.05, 4.69) is 0 Å². The van der Waals surface area contributed by atoms with E-state index >= 15 is 0 Å². The summed E-state index contributed by atoms with van der Waals surface area (Å²) in [6.07, 6.45) is 0. The SMILES string of the molecule is [2H]c1c([2H])c([2H])c2c(sc3c([2H])c4c(c([2H])c32)c2c([2H])c([2H])c([2H])c([2H])c2n4-c2cccc(-c3nc(-c4ccccc4)nc(-c4ccccc4)n3)c2)c1[2H]. The Hall–Kier alpha value is -5.65. The van der Waals surface area contributed by atoms with Gasteiger partial charge in [-0.2, -0.15) is 0 Å². The van der Waals surface area contributed by atoms with Crippen molar-refractivity contribution in [2.45, 2.75) is 0 Å². The van der Waals surface area contributed by atoms with Crippen LogP contribution >= 0.6 is 11.3 Å². The molecule has 0 saturated heterocycles. The van der Waals surface area contributed by atoms with E-state index in [1.165, 1.54) is 0 Å². The second-order valence-electron chi connectivity index (χ2n) is 10.1. The van der Waals surface area contributed by atoms with E-state index in [1.54, 1.807) is 22.8 Å². The number of benzene rings is 6. The van der Waals surface area contributed by atoms with Crippen molar-refractivity contribution in [1.82, 2.24) is 19.5 Å². The molecule has 0 aliphatic rings. The lowest BCUT2D eigenvalue weighted by Crippen LogP contribution is -2.01. The van der Waals surface area contributed by atoms with Crippen LogP contribution in [0.15, 0.2) is 145 Å². The van der Waals surface area contributed by atoms with Gasteiger partial charge in [0.15, 0.2) is 17.5 Å². The zero-order chi connectivity index (χ0) is 37.7. The maximum Gasteiger partial charge on any atom is 0.164 e. The highest BCUT2D eigenvalue weighted by molar-refractivity contribution is 7.25. The third kappa shape index (κ3) is 4.02. The van der Waals surface area contributed by atoms with Gasteiger partial charge < -0.3 is 4.57 Å². The Kier molecular flexibility index (Phi) is 3.82. The standard InChI is InChI=1S/C39H24N4S/c1-3-12-25(13-4-1)37-40-38(26-14-5-2-6-15-26)42-39(41-37)27-16-11-17-28(22-27)43-33-20-9-7-18-29(33)31-23-32-30-19-8-10-21-35(30)44-36(32)24-34(31)43/h1-24H/i7D,8D,9D,10D,18D,19D,20D,21D,23D,24D. The van der Waals surface area contributed by atoms with Crippen LogP contribution < -0.4 is 0 Å². The molecule has 0 spiro atoms. The molecule has 3 heterocycles. The molecule has 0 saturated carbocycles.